The highest BCUT2D eigenvalue weighted by atomic mass is 19.1. The van der Waals surface area contributed by atoms with Crippen LogP contribution in [-0.2, 0) is 0 Å². The molecule has 0 aromatic rings. The highest BCUT2D eigenvalue weighted by molar-refractivity contribution is 6.45. The minimum atomic E-state index is -1.19. The van der Waals surface area contributed by atoms with Gasteiger partial charge in [0, 0.05) is 12.1 Å². The van der Waals surface area contributed by atoms with Crippen molar-refractivity contribution in [3.8, 4) is 0 Å². The third kappa shape index (κ3) is 1.57. The van der Waals surface area contributed by atoms with Crippen LogP contribution < -0.4 is 0 Å². The monoisotopic (exact) mass is 201 g/mol. The summed E-state index contributed by atoms with van der Waals surface area (Å²) in [5.41, 5.74) is 0. The largest absolute Gasteiger partial charge is 0.437 e. The van der Waals surface area contributed by atoms with E-state index in [-0.39, 0.29) is 12.1 Å². The van der Waals surface area contributed by atoms with Crippen LogP contribution in [0.25, 0.3) is 0 Å². The van der Waals surface area contributed by atoms with Crippen molar-refractivity contribution in [3.63, 3.8) is 0 Å². The SMILES string of the molecule is CB(O)N1[C@H]2CCC[C@@H]1[C@@H](F)[C@@H](O)C2. The number of fused-ring (bicyclic) bond motifs is 2. The third-order valence-electron chi connectivity index (χ3n) is 3.52. The Hall–Kier alpha value is -0.125. The van der Waals surface area contributed by atoms with Gasteiger partial charge in [0.15, 0.2) is 0 Å². The summed E-state index contributed by atoms with van der Waals surface area (Å²) in [5, 5.41) is 19.1. The van der Waals surface area contributed by atoms with E-state index in [2.05, 4.69) is 0 Å². The van der Waals surface area contributed by atoms with Crippen LogP contribution in [0.2, 0.25) is 6.82 Å². The lowest BCUT2D eigenvalue weighted by Crippen LogP contribution is -2.63. The predicted molar refractivity (Wildman–Crippen MR) is 52.6 cm³/mol. The van der Waals surface area contributed by atoms with Crippen LogP contribution in [0.3, 0.4) is 0 Å². The van der Waals surface area contributed by atoms with Gasteiger partial charge in [0.05, 0.1) is 6.10 Å². The van der Waals surface area contributed by atoms with Crippen LogP contribution in [0.15, 0.2) is 0 Å². The van der Waals surface area contributed by atoms with Gasteiger partial charge < -0.3 is 14.9 Å². The molecule has 3 nitrogen and oxygen atoms in total. The number of aliphatic hydroxyl groups excluding tert-OH is 1. The number of rotatable bonds is 1. The molecule has 2 fully saturated rings. The molecule has 2 rings (SSSR count). The van der Waals surface area contributed by atoms with Crippen molar-refractivity contribution < 1.29 is 14.5 Å². The molecule has 0 aromatic carbocycles. The molecule has 2 heterocycles. The number of halogens is 1. The summed E-state index contributed by atoms with van der Waals surface area (Å²) in [7, 11) is -0.601. The number of piperidine rings is 2. The Bertz CT molecular complexity index is 217. The maximum atomic E-state index is 13.7. The van der Waals surface area contributed by atoms with E-state index >= 15 is 0 Å². The summed E-state index contributed by atoms with van der Waals surface area (Å²) < 4.78 is 13.7. The van der Waals surface area contributed by atoms with Crippen molar-refractivity contribution in [2.45, 2.75) is 56.9 Å². The van der Waals surface area contributed by atoms with Gasteiger partial charge in [0.25, 0.3) is 0 Å². The maximum absolute atomic E-state index is 13.7. The van der Waals surface area contributed by atoms with Gasteiger partial charge in [-0.1, -0.05) is 6.42 Å². The smallest absolute Gasteiger partial charge is 0.376 e. The number of nitrogens with zero attached hydrogens (tertiary/aromatic N) is 1. The normalized spacial score (nSPS) is 43.7. The molecule has 5 heteroatoms. The third-order valence-corrected chi connectivity index (χ3v) is 3.52. The Morgan fingerprint density at radius 2 is 2.14 bits per heavy atom. The van der Waals surface area contributed by atoms with Crippen molar-refractivity contribution in [1.82, 2.24) is 4.81 Å². The van der Waals surface area contributed by atoms with Crippen LogP contribution >= 0.6 is 0 Å². The van der Waals surface area contributed by atoms with Gasteiger partial charge in [-0.2, -0.15) is 0 Å². The molecular formula is C9H17BFNO2. The van der Waals surface area contributed by atoms with Gasteiger partial charge in [-0.15, -0.1) is 0 Å². The summed E-state index contributed by atoms with van der Waals surface area (Å²) in [6.45, 7) is 1.68. The molecule has 0 saturated carbocycles. The zero-order valence-electron chi connectivity index (χ0n) is 8.43. The Morgan fingerprint density at radius 1 is 1.43 bits per heavy atom. The lowest BCUT2D eigenvalue weighted by atomic mass is 9.71. The van der Waals surface area contributed by atoms with E-state index in [9.17, 15) is 14.5 Å². The molecule has 14 heavy (non-hydrogen) atoms. The zero-order chi connectivity index (χ0) is 10.3. The molecule has 0 aliphatic carbocycles. The Balaban J connectivity index is 2.18. The standard InChI is InChI=1S/C9H17BFNO2/c1-10(14)12-6-3-2-4-7(12)9(11)8(13)5-6/h6-9,13-14H,2-5H2,1H3/t6-,7+,8-,9+/m0/s1. The Kier molecular flexibility index (Phi) is 2.82. The van der Waals surface area contributed by atoms with Crippen LogP contribution in [0.5, 0.6) is 0 Å². The lowest BCUT2D eigenvalue weighted by Gasteiger charge is -2.50. The zero-order valence-corrected chi connectivity index (χ0v) is 8.43. The van der Waals surface area contributed by atoms with Crippen LogP contribution in [0.4, 0.5) is 4.39 Å². The van der Waals surface area contributed by atoms with Crippen LogP contribution in [-0.4, -0.2) is 46.4 Å². The summed E-state index contributed by atoms with van der Waals surface area (Å²) in [5.74, 6) is 0. The average molecular weight is 201 g/mol. The second kappa shape index (κ2) is 3.79. The van der Waals surface area contributed by atoms with E-state index < -0.39 is 19.3 Å². The van der Waals surface area contributed by atoms with E-state index in [1.807, 2.05) is 4.81 Å². The molecule has 2 N–H and O–H groups in total. The summed E-state index contributed by atoms with van der Waals surface area (Å²) >= 11 is 0. The second-order valence-electron chi connectivity index (χ2n) is 4.48. The summed E-state index contributed by atoms with van der Waals surface area (Å²) in [4.78, 5) is 1.83. The van der Waals surface area contributed by atoms with Crippen molar-refractivity contribution in [2.75, 3.05) is 0 Å². The molecule has 0 aromatic heterocycles. The Morgan fingerprint density at radius 3 is 2.79 bits per heavy atom. The first kappa shape index (κ1) is 10.4. The number of aliphatic hydroxyl groups is 1. The maximum Gasteiger partial charge on any atom is 0.376 e. The van der Waals surface area contributed by atoms with E-state index in [1.54, 1.807) is 6.82 Å². The molecule has 0 amide bonds. The Labute approximate surface area is 84.0 Å². The van der Waals surface area contributed by atoms with E-state index in [4.69, 9.17) is 0 Å². The fourth-order valence-corrected chi connectivity index (χ4v) is 2.94. The molecule has 0 spiro atoms. The first-order chi connectivity index (χ1) is 6.61. The van der Waals surface area contributed by atoms with E-state index in [0.29, 0.717) is 6.42 Å². The molecule has 2 aliphatic rings. The van der Waals surface area contributed by atoms with Crippen molar-refractivity contribution >= 4 is 7.05 Å². The highest BCUT2D eigenvalue weighted by Gasteiger charge is 2.46. The van der Waals surface area contributed by atoms with Crippen molar-refractivity contribution in [2.24, 2.45) is 0 Å². The fraction of sp³-hybridized carbons (Fsp3) is 1.00. The van der Waals surface area contributed by atoms with Gasteiger partial charge in [0.1, 0.15) is 6.17 Å². The first-order valence-corrected chi connectivity index (χ1v) is 5.39. The molecule has 4 atom stereocenters. The second-order valence-corrected chi connectivity index (χ2v) is 4.48. The van der Waals surface area contributed by atoms with Crippen LogP contribution in [0.1, 0.15) is 25.7 Å². The minimum Gasteiger partial charge on any atom is -0.437 e. The number of hydrogen-bond donors (Lipinski definition) is 2. The van der Waals surface area contributed by atoms with Gasteiger partial charge in [-0.05, 0) is 26.1 Å². The number of alkyl halides is 1. The predicted octanol–water partition coefficient (Wildman–Crippen LogP) is 0.422. The molecule has 0 unspecified atom stereocenters. The lowest BCUT2D eigenvalue weighted by molar-refractivity contribution is -0.0550. The van der Waals surface area contributed by atoms with Gasteiger partial charge >= 0.3 is 7.05 Å². The molecular weight excluding hydrogens is 184 g/mol. The topological polar surface area (TPSA) is 43.7 Å². The molecule has 2 saturated heterocycles. The average Bonchev–Trinajstić information content (AvgIpc) is 2.14. The van der Waals surface area contributed by atoms with Crippen molar-refractivity contribution in [3.05, 3.63) is 0 Å². The van der Waals surface area contributed by atoms with Crippen molar-refractivity contribution in [1.29, 1.82) is 0 Å². The summed E-state index contributed by atoms with van der Waals surface area (Å²) in [6, 6.07) is -0.117. The summed E-state index contributed by atoms with van der Waals surface area (Å²) in [6.07, 6.45) is 1.15. The quantitative estimate of drug-likeness (QED) is 0.604. The van der Waals surface area contributed by atoms with Gasteiger partial charge in [0.2, 0.25) is 0 Å². The number of hydrogen-bond acceptors (Lipinski definition) is 3. The molecule has 2 bridgehead atoms. The van der Waals surface area contributed by atoms with Gasteiger partial charge in [-0.3, -0.25) is 0 Å². The molecule has 2 aliphatic heterocycles. The first-order valence-electron chi connectivity index (χ1n) is 5.39. The van der Waals surface area contributed by atoms with E-state index in [1.165, 1.54) is 0 Å². The molecule has 80 valence electrons. The van der Waals surface area contributed by atoms with E-state index in [0.717, 1.165) is 19.3 Å². The fourth-order valence-electron chi connectivity index (χ4n) is 2.94. The van der Waals surface area contributed by atoms with Crippen LogP contribution in [0, 0.1) is 0 Å². The molecule has 0 radical (unpaired) electrons. The minimum absolute atomic E-state index is 0.163. The van der Waals surface area contributed by atoms with Gasteiger partial charge in [-0.25, -0.2) is 4.39 Å². The highest BCUT2D eigenvalue weighted by Crippen LogP contribution is 2.35.